The van der Waals surface area contributed by atoms with Gasteiger partial charge in [0, 0.05) is 11.8 Å². The number of hydrogen-bond donors (Lipinski definition) is 1. The first kappa shape index (κ1) is 19.7. The minimum Gasteiger partial charge on any atom is -0.462 e. The monoisotopic (exact) mass is 378 g/mol. The van der Waals surface area contributed by atoms with Gasteiger partial charge in [0.25, 0.3) is 0 Å². The maximum Gasteiger partial charge on any atom is 0.305 e. The van der Waals surface area contributed by atoms with E-state index in [1.807, 2.05) is 6.92 Å². The summed E-state index contributed by atoms with van der Waals surface area (Å²) in [6.45, 7) is 9.67. The molecule has 5 unspecified atom stereocenters. The molecule has 4 heteroatoms. The van der Waals surface area contributed by atoms with Crippen LogP contribution in [-0.4, -0.2) is 36.0 Å². The Labute approximate surface area is 164 Å². The normalized spacial score (nSPS) is 51.8. The third-order valence-corrected chi connectivity index (χ3v) is 9.19. The van der Waals surface area contributed by atoms with Gasteiger partial charge >= 0.3 is 5.97 Å². The molecule has 0 radical (unpaired) electrons. The summed E-state index contributed by atoms with van der Waals surface area (Å²) in [5.74, 6) is 1.82. The molecule has 4 nitrogen and oxygen atoms in total. The zero-order chi connectivity index (χ0) is 19.4. The summed E-state index contributed by atoms with van der Waals surface area (Å²) in [7, 11) is 0. The lowest BCUT2D eigenvalue weighted by Crippen LogP contribution is -2.60. The van der Waals surface area contributed by atoms with E-state index in [0.717, 1.165) is 51.6 Å². The number of rotatable bonds is 3. The minimum absolute atomic E-state index is 0.0254. The number of carbonyl (C=O) groups excluding carboxylic acids is 1. The lowest BCUT2D eigenvalue weighted by molar-refractivity contribution is -0.211. The van der Waals surface area contributed by atoms with Gasteiger partial charge in [0.1, 0.15) is 6.10 Å². The van der Waals surface area contributed by atoms with Crippen molar-refractivity contribution in [2.24, 2.45) is 34.5 Å². The molecule has 0 aromatic carbocycles. The molecule has 154 valence electrons. The van der Waals surface area contributed by atoms with Crippen molar-refractivity contribution in [3.8, 4) is 0 Å². The highest BCUT2D eigenvalue weighted by atomic mass is 16.5. The van der Waals surface area contributed by atoms with E-state index in [1.165, 1.54) is 0 Å². The Balaban J connectivity index is 1.58. The second-order valence-corrected chi connectivity index (χ2v) is 10.3. The van der Waals surface area contributed by atoms with Gasteiger partial charge in [-0.3, -0.25) is 4.79 Å². The number of ether oxygens (including phenoxy) is 2. The second-order valence-electron chi connectivity index (χ2n) is 10.3. The average Bonchev–Trinajstić information content (AvgIpc) is 2.98. The van der Waals surface area contributed by atoms with Crippen LogP contribution in [0.2, 0.25) is 0 Å². The van der Waals surface area contributed by atoms with Gasteiger partial charge in [-0.15, -0.1) is 0 Å². The van der Waals surface area contributed by atoms with Crippen LogP contribution in [0.15, 0.2) is 0 Å². The van der Waals surface area contributed by atoms with E-state index >= 15 is 0 Å². The number of hydrogen-bond acceptors (Lipinski definition) is 4. The van der Waals surface area contributed by atoms with Crippen molar-refractivity contribution < 1.29 is 19.4 Å². The third-order valence-electron chi connectivity index (χ3n) is 9.19. The summed E-state index contributed by atoms with van der Waals surface area (Å²) in [5.41, 5.74) is 0.215. The number of carbonyl (C=O) groups is 1. The molecular formula is C23H38O4. The van der Waals surface area contributed by atoms with Crippen molar-refractivity contribution in [3.63, 3.8) is 0 Å². The first-order valence-electron chi connectivity index (χ1n) is 11.3. The van der Waals surface area contributed by atoms with E-state index < -0.39 is 0 Å². The molecular weight excluding hydrogens is 340 g/mol. The highest BCUT2D eigenvalue weighted by molar-refractivity contribution is 5.69. The number of esters is 1. The van der Waals surface area contributed by atoms with Gasteiger partial charge in [0.05, 0.1) is 18.8 Å². The van der Waals surface area contributed by atoms with Crippen LogP contribution < -0.4 is 0 Å². The standard InChI is InChI=1S/C23H38O4/c1-5-15-11-14-12-18(24)21-16-7-8-19(27-20(25)6-2)22(16,3)10-9-17(21)23(14,4)13-26-15/h14-19,21,24H,5-13H2,1-4H3/t14?,15-,16?,17?,18+,19?,21?,22+,23+/m1/s1. The highest BCUT2D eigenvalue weighted by Crippen LogP contribution is 2.65. The fourth-order valence-electron chi connectivity index (χ4n) is 7.47. The Hall–Kier alpha value is -0.610. The molecule has 4 rings (SSSR count). The molecule has 4 aliphatic rings. The molecule has 3 aliphatic carbocycles. The van der Waals surface area contributed by atoms with Crippen molar-refractivity contribution in [3.05, 3.63) is 0 Å². The highest BCUT2D eigenvalue weighted by Gasteiger charge is 2.63. The zero-order valence-electron chi connectivity index (χ0n) is 17.6. The summed E-state index contributed by atoms with van der Waals surface area (Å²) in [6.07, 6.45) is 7.99. The fraction of sp³-hybridized carbons (Fsp3) is 0.957. The molecule has 0 aromatic heterocycles. The van der Waals surface area contributed by atoms with Crippen LogP contribution in [0.25, 0.3) is 0 Å². The fourth-order valence-corrected chi connectivity index (χ4v) is 7.47. The Morgan fingerprint density at radius 1 is 1.11 bits per heavy atom. The molecule has 4 fully saturated rings. The molecule has 1 N–H and O–H groups in total. The lowest BCUT2D eigenvalue weighted by Gasteiger charge is -2.61. The Bertz CT molecular complexity index is 577. The largest absolute Gasteiger partial charge is 0.462 e. The Morgan fingerprint density at radius 2 is 1.85 bits per heavy atom. The van der Waals surface area contributed by atoms with Crippen molar-refractivity contribution in [1.82, 2.24) is 0 Å². The minimum atomic E-state index is -0.214. The smallest absolute Gasteiger partial charge is 0.305 e. The van der Waals surface area contributed by atoms with Gasteiger partial charge in [-0.05, 0) is 74.0 Å². The molecule has 0 bridgehead atoms. The quantitative estimate of drug-likeness (QED) is 0.743. The van der Waals surface area contributed by atoms with Crippen LogP contribution in [-0.2, 0) is 14.3 Å². The van der Waals surface area contributed by atoms with E-state index in [4.69, 9.17) is 9.47 Å². The van der Waals surface area contributed by atoms with Crippen LogP contribution in [0, 0.1) is 34.5 Å². The molecule has 0 aromatic rings. The first-order chi connectivity index (χ1) is 12.8. The predicted molar refractivity (Wildman–Crippen MR) is 104 cm³/mol. The van der Waals surface area contributed by atoms with E-state index in [-0.39, 0.29) is 29.0 Å². The van der Waals surface area contributed by atoms with Gasteiger partial charge in [0.15, 0.2) is 0 Å². The number of fused-ring (bicyclic) bond motifs is 5. The molecule has 1 heterocycles. The lowest BCUT2D eigenvalue weighted by atomic mass is 9.46. The number of aliphatic hydroxyl groups is 1. The van der Waals surface area contributed by atoms with Crippen LogP contribution in [0.1, 0.15) is 79.1 Å². The molecule has 1 aliphatic heterocycles. The molecule has 3 saturated carbocycles. The van der Waals surface area contributed by atoms with Crippen LogP contribution >= 0.6 is 0 Å². The van der Waals surface area contributed by atoms with E-state index in [1.54, 1.807) is 0 Å². The molecule has 27 heavy (non-hydrogen) atoms. The van der Waals surface area contributed by atoms with E-state index in [2.05, 4.69) is 20.8 Å². The number of aliphatic hydroxyl groups excluding tert-OH is 1. The Kier molecular flexibility index (Phi) is 5.12. The summed E-state index contributed by atoms with van der Waals surface area (Å²) in [6, 6.07) is 0. The van der Waals surface area contributed by atoms with Gasteiger partial charge < -0.3 is 14.6 Å². The maximum atomic E-state index is 11.9. The van der Waals surface area contributed by atoms with Gasteiger partial charge in [-0.2, -0.15) is 0 Å². The average molecular weight is 379 g/mol. The van der Waals surface area contributed by atoms with Crippen molar-refractivity contribution in [2.45, 2.75) is 97.4 Å². The van der Waals surface area contributed by atoms with Crippen molar-refractivity contribution >= 4 is 5.97 Å². The van der Waals surface area contributed by atoms with Gasteiger partial charge in [-0.25, -0.2) is 0 Å². The zero-order valence-corrected chi connectivity index (χ0v) is 17.6. The molecule has 1 saturated heterocycles. The van der Waals surface area contributed by atoms with Crippen LogP contribution in [0.5, 0.6) is 0 Å². The molecule has 0 spiro atoms. The molecule has 0 amide bonds. The summed E-state index contributed by atoms with van der Waals surface area (Å²) >= 11 is 0. The van der Waals surface area contributed by atoms with Crippen molar-refractivity contribution in [1.29, 1.82) is 0 Å². The molecule has 9 atom stereocenters. The summed E-state index contributed by atoms with van der Waals surface area (Å²) in [5, 5.41) is 11.2. The SMILES string of the molecule is CCC(=O)OC1CCC2C3C(CC[C@]12C)[C@@]1(C)CO[C@H](CC)CC1C[C@@H]3O. The van der Waals surface area contributed by atoms with Crippen LogP contribution in [0.3, 0.4) is 0 Å². The summed E-state index contributed by atoms with van der Waals surface area (Å²) in [4.78, 5) is 11.9. The van der Waals surface area contributed by atoms with E-state index in [9.17, 15) is 9.90 Å². The Morgan fingerprint density at radius 3 is 2.56 bits per heavy atom. The third kappa shape index (κ3) is 2.97. The predicted octanol–water partition coefficient (Wildman–Crippen LogP) is 4.34. The van der Waals surface area contributed by atoms with Gasteiger partial charge in [0.2, 0.25) is 0 Å². The van der Waals surface area contributed by atoms with Crippen molar-refractivity contribution in [2.75, 3.05) is 6.61 Å². The second kappa shape index (κ2) is 7.02. The topological polar surface area (TPSA) is 55.8 Å². The summed E-state index contributed by atoms with van der Waals surface area (Å²) < 4.78 is 12.1. The first-order valence-corrected chi connectivity index (χ1v) is 11.3. The maximum absolute atomic E-state index is 11.9. The van der Waals surface area contributed by atoms with Gasteiger partial charge in [-0.1, -0.05) is 27.7 Å². The van der Waals surface area contributed by atoms with Crippen LogP contribution in [0.4, 0.5) is 0 Å². The van der Waals surface area contributed by atoms with E-state index in [0.29, 0.717) is 36.2 Å².